The van der Waals surface area contributed by atoms with Crippen LogP contribution in [0.3, 0.4) is 0 Å². The Morgan fingerprint density at radius 3 is 2.52 bits per heavy atom. The van der Waals surface area contributed by atoms with Crippen LogP contribution < -0.4 is 0 Å². The van der Waals surface area contributed by atoms with Gasteiger partial charge in [0.05, 0.1) is 0 Å². The lowest BCUT2D eigenvalue weighted by Crippen LogP contribution is -2.49. The summed E-state index contributed by atoms with van der Waals surface area (Å²) >= 11 is 4.62. The first-order valence-electron chi connectivity index (χ1n) is 6.70. The van der Waals surface area contributed by atoms with E-state index in [1.807, 2.05) is 0 Å². The third kappa shape index (κ3) is 4.50. The van der Waals surface area contributed by atoms with E-state index in [0.717, 1.165) is 13.0 Å². The molecule has 2 rings (SSSR count). The van der Waals surface area contributed by atoms with E-state index in [1.165, 1.54) is 5.56 Å². The van der Waals surface area contributed by atoms with Gasteiger partial charge in [0.1, 0.15) is 5.78 Å². The van der Waals surface area contributed by atoms with Crippen LogP contribution in [0.15, 0.2) is 30.3 Å². The van der Waals surface area contributed by atoms with Gasteiger partial charge < -0.3 is 0 Å². The molecular weight excluding hydrogens is 530 g/mol. The summed E-state index contributed by atoms with van der Waals surface area (Å²) in [5.74, 6) is 0.374. The van der Waals surface area contributed by atoms with E-state index >= 15 is 0 Å². The summed E-state index contributed by atoms with van der Waals surface area (Å²) in [5.41, 5.74) is 1.33. The highest BCUT2D eigenvalue weighted by Gasteiger charge is 2.40. The Morgan fingerprint density at radius 1 is 1.33 bits per heavy atom. The van der Waals surface area contributed by atoms with Crippen LogP contribution in [0.4, 0.5) is 0 Å². The number of Topliss-reactive ketones (excluding diaryl/α,β-unsaturated/α-hetero) is 1. The Balaban J connectivity index is 2.28. The molecule has 0 aliphatic carbocycles. The van der Waals surface area contributed by atoms with E-state index in [-0.39, 0.29) is 12.0 Å². The van der Waals surface area contributed by atoms with E-state index < -0.39 is 0 Å². The highest BCUT2D eigenvalue weighted by molar-refractivity contribution is 14.2. The summed E-state index contributed by atoms with van der Waals surface area (Å²) < 4.78 is 4.59. The first-order chi connectivity index (χ1) is 10.1. The number of carbonyl (C=O) groups is 1. The summed E-state index contributed by atoms with van der Waals surface area (Å²) in [6.45, 7) is 2.54. The van der Waals surface area contributed by atoms with Crippen LogP contribution >= 0.6 is 60.6 Å². The van der Waals surface area contributed by atoms with Crippen LogP contribution in [0.5, 0.6) is 0 Å². The van der Waals surface area contributed by atoms with Gasteiger partial charge >= 0.3 is 0 Å². The summed E-state index contributed by atoms with van der Waals surface area (Å²) in [5, 5.41) is 0. The summed E-state index contributed by atoms with van der Waals surface area (Å²) in [4.78, 5) is 12.1. The number of carbonyl (C=O) groups excluding carboxylic acids is 1. The zero-order valence-corrected chi connectivity index (χ0v) is 17.9. The molecule has 3 atom stereocenters. The lowest BCUT2D eigenvalue weighted by Gasteiger charge is -2.44. The van der Waals surface area contributed by atoms with Crippen molar-refractivity contribution in [3.05, 3.63) is 35.9 Å². The fourth-order valence-electron chi connectivity index (χ4n) is 2.86. The number of ketones is 1. The van der Waals surface area contributed by atoms with Crippen LogP contribution in [0.2, 0.25) is 0 Å². The van der Waals surface area contributed by atoms with Crippen LogP contribution in [0.1, 0.15) is 24.9 Å². The van der Waals surface area contributed by atoms with Gasteiger partial charge in [0, 0.05) is 67.0 Å². The van der Waals surface area contributed by atoms with Crippen molar-refractivity contribution in [3.8, 4) is 0 Å². The van der Waals surface area contributed by atoms with Gasteiger partial charge in [0.2, 0.25) is 0 Å². The van der Waals surface area contributed by atoms with E-state index in [1.54, 1.807) is 25.2 Å². The molecule has 1 aliphatic heterocycles. The average Bonchev–Trinajstić information content (AvgIpc) is 2.53. The molecule has 0 spiro atoms. The van der Waals surface area contributed by atoms with Crippen LogP contribution in [0.25, 0.3) is 0 Å². The number of benzene rings is 1. The topological polar surface area (TPSA) is 23.6 Å². The second-order valence-electron chi connectivity index (χ2n) is 5.23. The zero-order valence-electron chi connectivity index (χ0n) is 11.9. The number of hydrogen-bond donors (Lipinski definition) is 0. The molecule has 1 aromatic carbocycles. The summed E-state index contributed by atoms with van der Waals surface area (Å²) in [6, 6.07) is 11.3. The Kier molecular flexibility index (Phi) is 7.60. The van der Waals surface area contributed by atoms with E-state index in [0.29, 0.717) is 11.8 Å². The minimum Gasteiger partial charge on any atom is -0.300 e. The largest absolute Gasteiger partial charge is 0.300 e. The number of hydrogen-bond acceptors (Lipinski definition) is 5. The molecular formula is C14H18I2N2OS2. The van der Waals surface area contributed by atoms with Crippen molar-refractivity contribution in [1.82, 2.24) is 8.61 Å². The third-order valence-corrected chi connectivity index (χ3v) is 8.48. The third-order valence-electron chi connectivity index (χ3n) is 4.02. The molecule has 0 aromatic heterocycles. The average molecular weight is 548 g/mol. The lowest BCUT2D eigenvalue weighted by atomic mass is 9.84. The molecule has 1 aliphatic rings. The molecule has 1 heterocycles. The maximum Gasteiger partial charge on any atom is 0.135 e. The molecule has 0 bridgehead atoms. The second-order valence-corrected chi connectivity index (χ2v) is 8.91. The van der Waals surface area contributed by atoms with Gasteiger partial charge in [-0.3, -0.25) is 4.79 Å². The Labute approximate surface area is 159 Å². The summed E-state index contributed by atoms with van der Waals surface area (Å²) in [6.07, 6.45) is 0.983. The SMILES string of the molecule is CC(=O)[C@@H]1CN(SI)C(c2ccccc2)C[C@@H]1N(C)SI. The molecule has 21 heavy (non-hydrogen) atoms. The Hall–Kier alpha value is 0.970. The maximum atomic E-state index is 12.1. The maximum absolute atomic E-state index is 12.1. The van der Waals surface area contributed by atoms with Crippen molar-refractivity contribution < 1.29 is 4.79 Å². The monoisotopic (exact) mass is 548 g/mol. The van der Waals surface area contributed by atoms with Gasteiger partial charge in [-0.25, -0.2) is 8.61 Å². The molecule has 116 valence electrons. The Bertz CT molecular complexity index is 477. The molecule has 1 fully saturated rings. The normalized spacial score (nSPS) is 27.0. The number of halogens is 2. The first kappa shape index (κ1) is 18.3. The van der Waals surface area contributed by atoms with Gasteiger partial charge in [-0.2, -0.15) is 0 Å². The fraction of sp³-hybridized carbons (Fsp3) is 0.500. The van der Waals surface area contributed by atoms with Gasteiger partial charge in [0.15, 0.2) is 0 Å². The number of rotatable bonds is 5. The van der Waals surface area contributed by atoms with Crippen molar-refractivity contribution in [2.75, 3.05) is 13.6 Å². The summed E-state index contributed by atoms with van der Waals surface area (Å²) in [7, 11) is 5.49. The van der Waals surface area contributed by atoms with Crippen molar-refractivity contribution in [1.29, 1.82) is 0 Å². The van der Waals surface area contributed by atoms with Crippen molar-refractivity contribution in [2.45, 2.75) is 25.4 Å². The van der Waals surface area contributed by atoms with Gasteiger partial charge in [-0.05, 0) is 44.2 Å². The number of piperidine rings is 1. The highest BCUT2D eigenvalue weighted by atomic mass is 127. The minimum absolute atomic E-state index is 0.0829. The predicted molar refractivity (Wildman–Crippen MR) is 109 cm³/mol. The van der Waals surface area contributed by atoms with Gasteiger partial charge in [0.25, 0.3) is 0 Å². The standard InChI is InChI=1S/C14H18I2N2OS2/c1-10(19)12-9-18(21-16)13(8-14(12)17(2)20-15)11-6-4-3-5-7-11/h3-7,12-14H,8-9H2,1-2H3/t12-,13?,14-/m0/s1. The van der Waals surface area contributed by atoms with E-state index in [9.17, 15) is 4.79 Å². The van der Waals surface area contributed by atoms with Crippen LogP contribution in [-0.4, -0.2) is 34.0 Å². The quantitative estimate of drug-likeness (QED) is 0.384. The molecule has 0 saturated carbocycles. The Morgan fingerprint density at radius 2 is 2.00 bits per heavy atom. The van der Waals surface area contributed by atoms with Gasteiger partial charge in [-0.1, -0.05) is 30.3 Å². The van der Waals surface area contributed by atoms with E-state index in [2.05, 4.69) is 88.4 Å². The molecule has 1 aromatic rings. The van der Waals surface area contributed by atoms with Crippen molar-refractivity contribution in [3.63, 3.8) is 0 Å². The van der Waals surface area contributed by atoms with Gasteiger partial charge in [-0.15, -0.1) is 0 Å². The zero-order chi connectivity index (χ0) is 15.4. The molecule has 1 unspecified atom stereocenters. The smallest absolute Gasteiger partial charge is 0.135 e. The number of nitrogens with zero attached hydrogens (tertiary/aromatic N) is 2. The molecule has 0 N–H and O–H groups in total. The lowest BCUT2D eigenvalue weighted by molar-refractivity contribution is -0.123. The van der Waals surface area contributed by atoms with Crippen LogP contribution in [0, 0.1) is 5.92 Å². The predicted octanol–water partition coefficient (Wildman–Crippen LogP) is 4.94. The van der Waals surface area contributed by atoms with Crippen molar-refractivity contribution in [2.24, 2.45) is 5.92 Å². The molecule has 3 nitrogen and oxygen atoms in total. The second kappa shape index (κ2) is 8.72. The highest BCUT2D eigenvalue weighted by Crippen LogP contribution is 2.43. The van der Waals surface area contributed by atoms with Crippen molar-refractivity contribution >= 4 is 66.4 Å². The van der Waals surface area contributed by atoms with Crippen LogP contribution in [-0.2, 0) is 4.79 Å². The molecule has 1 saturated heterocycles. The fourth-order valence-corrected chi connectivity index (χ4v) is 5.90. The first-order valence-corrected chi connectivity index (χ1v) is 13.3. The molecule has 0 radical (unpaired) electrons. The van der Waals surface area contributed by atoms with E-state index in [4.69, 9.17) is 0 Å². The molecule has 7 heteroatoms. The minimum atomic E-state index is 0.0829. The molecule has 0 amide bonds.